The Balaban J connectivity index is 1.88. The van der Waals surface area contributed by atoms with Crippen LogP contribution in [0.2, 0.25) is 0 Å². The molecule has 3 aromatic rings. The summed E-state index contributed by atoms with van der Waals surface area (Å²) in [6.45, 7) is 2.99. The average Bonchev–Trinajstić information content (AvgIpc) is 2.84. The van der Waals surface area contributed by atoms with Crippen LogP contribution in [0.15, 0.2) is 89.4 Å². The molecular formula is C28H31BrN2O2. The number of nitrogens with zero attached hydrogens (tertiary/aromatic N) is 1. The maximum absolute atomic E-state index is 13.5. The Morgan fingerprint density at radius 1 is 0.879 bits per heavy atom. The van der Waals surface area contributed by atoms with Crippen LogP contribution in [-0.4, -0.2) is 29.3 Å². The fraction of sp³-hybridized carbons (Fsp3) is 0.286. The number of carbonyl (C=O) groups excluding carboxylic acids is 2. The number of aryl methyl sites for hydroxylation is 1. The predicted octanol–water partition coefficient (Wildman–Crippen LogP) is 5.55. The number of hydrogen-bond acceptors (Lipinski definition) is 2. The molecule has 5 heteroatoms. The second-order valence-electron chi connectivity index (χ2n) is 8.13. The molecule has 172 valence electrons. The van der Waals surface area contributed by atoms with Crippen LogP contribution in [0.1, 0.15) is 36.5 Å². The molecule has 2 amide bonds. The molecule has 0 heterocycles. The standard InChI is InChI=1S/C28H31BrN2O2/c1-2-18-30-28(33)26(20-23-12-7-4-8-13-23)31(21-24-14-9-15-25(29)19-24)27(32)17-16-22-10-5-3-6-11-22/h3-15,19,26H,2,16-18,20-21H2,1H3,(H,30,33). The normalized spacial score (nSPS) is 11.6. The lowest BCUT2D eigenvalue weighted by atomic mass is 10.0. The van der Waals surface area contributed by atoms with Gasteiger partial charge >= 0.3 is 0 Å². The SMILES string of the molecule is CCCNC(=O)C(Cc1ccccc1)N(Cc1cccc(Br)c1)C(=O)CCc1ccccc1. The molecule has 0 saturated carbocycles. The van der Waals surface area contributed by atoms with Gasteiger partial charge in [0.05, 0.1) is 0 Å². The molecule has 3 aromatic carbocycles. The van der Waals surface area contributed by atoms with Crippen LogP contribution in [0.25, 0.3) is 0 Å². The summed E-state index contributed by atoms with van der Waals surface area (Å²) in [6.07, 6.45) is 2.31. The first-order chi connectivity index (χ1) is 16.1. The van der Waals surface area contributed by atoms with Crippen LogP contribution in [0.5, 0.6) is 0 Å². The second kappa shape index (κ2) is 12.9. The molecule has 0 fully saturated rings. The van der Waals surface area contributed by atoms with Crippen molar-refractivity contribution in [3.05, 3.63) is 106 Å². The molecule has 1 atom stereocenters. The Morgan fingerprint density at radius 3 is 2.15 bits per heavy atom. The number of nitrogens with one attached hydrogen (secondary N) is 1. The van der Waals surface area contributed by atoms with Gasteiger partial charge in [0.2, 0.25) is 11.8 Å². The molecule has 4 nitrogen and oxygen atoms in total. The fourth-order valence-corrected chi connectivity index (χ4v) is 4.24. The van der Waals surface area contributed by atoms with Gasteiger partial charge in [-0.15, -0.1) is 0 Å². The Morgan fingerprint density at radius 2 is 1.52 bits per heavy atom. The molecule has 0 spiro atoms. The Kier molecular flexibility index (Phi) is 9.70. The number of amides is 2. The molecule has 33 heavy (non-hydrogen) atoms. The predicted molar refractivity (Wildman–Crippen MR) is 137 cm³/mol. The highest BCUT2D eigenvalue weighted by molar-refractivity contribution is 9.10. The molecule has 1 N–H and O–H groups in total. The summed E-state index contributed by atoms with van der Waals surface area (Å²) in [4.78, 5) is 28.6. The van der Waals surface area contributed by atoms with E-state index in [1.54, 1.807) is 4.90 Å². The molecule has 3 rings (SSSR count). The van der Waals surface area contributed by atoms with Gasteiger partial charge in [0.1, 0.15) is 6.04 Å². The van der Waals surface area contributed by atoms with E-state index in [1.165, 1.54) is 0 Å². The summed E-state index contributed by atoms with van der Waals surface area (Å²) in [5.74, 6) is -0.129. The molecule has 0 aliphatic carbocycles. The third-order valence-electron chi connectivity index (χ3n) is 5.53. The second-order valence-corrected chi connectivity index (χ2v) is 9.05. The molecule has 1 unspecified atom stereocenters. The van der Waals surface area contributed by atoms with Crippen LogP contribution >= 0.6 is 15.9 Å². The molecular weight excluding hydrogens is 476 g/mol. The van der Waals surface area contributed by atoms with Gasteiger partial charge in [0.15, 0.2) is 0 Å². The Hall–Kier alpha value is -2.92. The van der Waals surface area contributed by atoms with E-state index in [-0.39, 0.29) is 11.8 Å². The van der Waals surface area contributed by atoms with Crippen molar-refractivity contribution in [1.82, 2.24) is 10.2 Å². The Bertz CT molecular complexity index is 1020. The molecule has 0 aliphatic heterocycles. The zero-order chi connectivity index (χ0) is 23.5. The van der Waals surface area contributed by atoms with Crippen molar-refractivity contribution in [2.45, 2.75) is 45.2 Å². The summed E-state index contributed by atoms with van der Waals surface area (Å²) < 4.78 is 0.951. The van der Waals surface area contributed by atoms with Crippen molar-refractivity contribution in [1.29, 1.82) is 0 Å². The minimum absolute atomic E-state index is 0.0218. The number of carbonyl (C=O) groups is 2. The van der Waals surface area contributed by atoms with Gasteiger partial charge in [-0.2, -0.15) is 0 Å². The molecule has 0 bridgehead atoms. The number of halogens is 1. The maximum Gasteiger partial charge on any atom is 0.243 e. The van der Waals surface area contributed by atoms with E-state index in [0.29, 0.717) is 32.4 Å². The topological polar surface area (TPSA) is 49.4 Å². The first-order valence-corrected chi connectivity index (χ1v) is 12.3. The minimum atomic E-state index is -0.582. The summed E-state index contributed by atoms with van der Waals surface area (Å²) in [5.41, 5.74) is 3.13. The minimum Gasteiger partial charge on any atom is -0.354 e. The largest absolute Gasteiger partial charge is 0.354 e. The van der Waals surface area contributed by atoms with Crippen molar-refractivity contribution < 1.29 is 9.59 Å². The number of benzene rings is 3. The molecule has 0 aromatic heterocycles. The van der Waals surface area contributed by atoms with Crippen molar-refractivity contribution >= 4 is 27.7 Å². The van der Waals surface area contributed by atoms with Gasteiger partial charge in [-0.05, 0) is 41.7 Å². The van der Waals surface area contributed by atoms with E-state index >= 15 is 0 Å². The van der Waals surface area contributed by atoms with Crippen LogP contribution in [0.3, 0.4) is 0 Å². The zero-order valence-corrected chi connectivity index (χ0v) is 20.6. The summed E-state index contributed by atoms with van der Waals surface area (Å²) in [7, 11) is 0. The fourth-order valence-electron chi connectivity index (χ4n) is 3.79. The maximum atomic E-state index is 13.5. The van der Waals surface area contributed by atoms with E-state index in [4.69, 9.17) is 0 Å². The van der Waals surface area contributed by atoms with Gasteiger partial charge < -0.3 is 10.2 Å². The highest BCUT2D eigenvalue weighted by Gasteiger charge is 2.30. The summed E-state index contributed by atoms with van der Waals surface area (Å²) in [6, 6.07) is 27.2. The third kappa shape index (κ3) is 7.86. The number of hydrogen-bond donors (Lipinski definition) is 1. The lowest BCUT2D eigenvalue weighted by molar-refractivity contribution is -0.141. The van der Waals surface area contributed by atoms with Crippen LogP contribution in [-0.2, 0) is 29.0 Å². The highest BCUT2D eigenvalue weighted by Crippen LogP contribution is 2.19. The van der Waals surface area contributed by atoms with Crippen molar-refractivity contribution in [3.8, 4) is 0 Å². The van der Waals surface area contributed by atoms with E-state index in [9.17, 15) is 9.59 Å². The van der Waals surface area contributed by atoms with Crippen LogP contribution in [0, 0.1) is 0 Å². The average molecular weight is 507 g/mol. The number of rotatable bonds is 11. The van der Waals surface area contributed by atoms with Gasteiger partial charge in [-0.25, -0.2) is 0 Å². The van der Waals surface area contributed by atoms with E-state index in [0.717, 1.165) is 27.6 Å². The quantitative estimate of drug-likeness (QED) is 0.370. The monoisotopic (exact) mass is 506 g/mol. The summed E-state index contributed by atoms with van der Waals surface area (Å²) >= 11 is 3.52. The molecule has 0 saturated heterocycles. The first kappa shape index (κ1) is 24.7. The van der Waals surface area contributed by atoms with Crippen molar-refractivity contribution in [2.75, 3.05) is 6.54 Å². The summed E-state index contributed by atoms with van der Waals surface area (Å²) in [5, 5.41) is 3.02. The molecule has 0 radical (unpaired) electrons. The highest BCUT2D eigenvalue weighted by atomic mass is 79.9. The molecule has 0 aliphatic rings. The lowest BCUT2D eigenvalue weighted by Gasteiger charge is -2.31. The van der Waals surface area contributed by atoms with Gasteiger partial charge in [0.25, 0.3) is 0 Å². The zero-order valence-electron chi connectivity index (χ0n) is 19.0. The van der Waals surface area contributed by atoms with Crippen molar-refractivity contribution in [3.63, 3.8) is 0 Å². The first-order valence-electron chi connectivity index (χ1n) is 11.5. The Labute approximate surface area is 205 Å². The van der Waals surface area contributed by atoms with E-state index in [1.807, 2.05) is 91.9 Å². The van der Waals surface area contributed by atoms with Gasteiger partial charge in [-0.1, -0.05) is 95.7 Å². The van der Waals surface area contributed by atoms with Gasteiger partial charge in [-0.3, -0.25) is 9.59 Å². The van der Waals surface area contributed by atoms with Crippen LogP contribution < -0.4 is 5.32 Å². The van der Waals surface area contributed by atoms with E-state index < -0.39 is 6.04 Å². The smallest absolute Gasteiger partial charge is 0.243 e. The lowest BCUT2D eigenvalue weighted by Crippen LogP contribution is -2.50. The third-order valence-corrected chi connectivity index (χ3v) is 6.03. The van der Waals surface area contributed by atoms with Crippen molar-refractivity contribution in [2.24, 2.45) is 0 Å². The van der Waals surface area contributed by atoms with E-state index in [2.05, 4.69) is 21.2 Å². The van der Waals surface area contributed by atoms with Gasteiger partial charge in [0, 0.05) is 30.4 Å². The van der Waals surface area contributed by atoms with Crippen LogP contribution in [0.4, 0.5) is 0 Å².